The predicted molar refractivity (Wildman–Crippen MR) is 115 cm³/mol. The molecule has 3 N–H and O–H groups in total. The number of anilines is 3. The van der Waals surface area contributed by atoms with Crippen LogP contribution in [0.3, 0.4) is 0 Å². The number of rotatable bonds is 4. The summed E-state index contributed by atoms with van der Waals surface area (Å²) in [5.74, 6) is 0.242. The van der Waals surface area contributed by atoms with Gasteiger partial charge in [0.05, 0.1) is 5.56 Å². The molecule has 1 amide bonds. The molecule has 2 aromatic heterocycles. The maximum Gasteiger partial charge on any atom is 0.255 e. The van der Waals surface area contributed by atoms with Crippen LogP contribution in [0.5, 0.6) is 0 Å². The monoisotopic (exact) mass is 405 g/mol. The molecule has 1 aliphatic rings. The highest BCUT2D eigenvalue weighted by molar-refractivity contribution is 5.94. The summed E-state index contributed by atoms with van der Waals surface area (Å²) in [4.78, 5) is 23.5. The summed E-state index contributed by atoms with van der Waals surface area (Å²) in [7, 11) is 0. The van der Waals surface area contributed by atoms with E-state index in [2.05, 4.69) is 10.3 Å². The number of benzene rings is 1. The van der Waals surface area contributed by atoms with Crippen molar-refractivity contribution in [3.05, 3.63) is 77.5 Å². The molecule has 7 heteroatoms. The number of aromatic nitrogens is 2. The van der Waals surface area contributed by atoms with E-state index in [4.69, 9.17) is 10.7 Å². The van der Waals surface area contributed by atoms with Gasteiger partial charge in [-0.3, -0.25) is 9.78 Å². The number of likely N-dealkylation sites (tertiary alicyclic amines) is 1. The van der Waals surface area contributed by atoms with Gasteiger partial charge in [0.25, 0.3) is 5.91 Å². The lowest BCUT2D eigenvalue weighted by atomic mass is 9.93. The second-order valence-electron chi connectivity index (χ2n) is 7.62. The summed E-state index contributed by atoms with van der Waals surface area (Å²) >= 11 is 0. The number of nitrogens with one attached hydrogen (secondary N) is 1. The molecule has 4 rings (SSSR count). The van der Waals surface area contributed by atoms with Gasteiger partial charge in [-0.1, -0.05) is 0 Å². The van der Waals surface area contributed by atoms with E-state index in [1.807, 2.05) is 24.0 Å². The first kappa shape index (κ1) is 19.8. The zero-order valence-corrected chi connectivity index (χ0v) is 16.8. The first-order valence-electron chi connectivity index (χ1n) is 10.00. The summed E-state index contributed by atoms with van der Waals surface area (Å²) in [5, 5.41) is 3.31. The molecular formula is C23H24FN5O. The maximum absolute atomic E-state index is 13.2. The van der Waals surface area contributed by atoms with Gasteiger partial charge < -0.3 is 16.0 Å². The second kappa shape index (κ2) is 8.49. The van der Waals surface area contributed by atoms with Gasteiger partial charge in [-0.25, -0.2) is 9.37 Å². The van der Waals surface area contributed by atoms with E-state index in [0.717, 1.165) is 35.6 Å². The first-order valence-corrected chi connectivity index (χ1v) is 10.00. The van der Waals surface area contributed by atoms with Crippen molar-refractivity contribution in [1.82, 2.24) is 14.9 Å². The quantitative estimate of drug-likeness (QED) is 0.677. The molecule has 0 saturated carbocycles. The molecule has 1 atom stereocenters. The number of carbonyl (C=O) groups is 1. The molecule has 0 radical (unpaired) electrons. The lowest BCUT2D eigenvalue weighted by molar-refractivity contribution is 0.0705. The molecule has 0 aliphatic carbocycles. The van der Waals surface area contributed by atoms with Gasteiger partial charge in [-0.15, -0.1) is 0 Å². The Kier molecular flexibility index (Phi) is 5.61. The number of aryl methyl sites for hydroxylation is 1. The van der Waals surface area contributed by atoms with Crippen molar-refractivity contribution in [2.24, 2.45) is 0 Å². The minimum atomic E-state index is -0.268. The molecule has 154 valence electrons. The van der Waals surface area contributed by atoms with E-state index in [0.29, 0.717) is 24.5 Å². The highest BCUT2D eigenvalue weighted by Crippen LogP contribution is 2.29. The molecule has 3 aromatic rings. The fourth-order valence-electron chi connectivity index (χ4n) is 3.79. The third-order valence-corrected chi connectivity index (χ3v) is 5.27. The molecule has 30 heavy (non-hydrogen) atoms. The Bertz CT molecular complexity index is 1040. The molecule has 1 unspecified atom stereocenters. The van der Waals surface area contributed by atoms with E-state index in [9.17, 15) is 9.18 Å². The molecule has 0 bridgehead atoms. The Morgan fingerprint density at radius 2 is 1.97 bits per heavy atom. The van der Waals surface area contributed by atoms with Crippen molar-refractivity contribution in [2.45, 2.75) is 25.7 Å². The fourth-order valence-corrected chi connectivity index (χ4v) is 3.79. The van der Waals surface area contributed by atoms with Crippen molar-refractivity contribution in [1.29, 1.82) is 0 Å². The highest BCUT2D eigenvalue weighted by atomic mass is 19.1. The van der Waals surface area contributed by atoms with Crippen molar-refractivity contribution in [2.75, 3.05) is 24.1 Å². The Morgan fingerprint density at radius 1 is 1.17 bits per heavy atom. The molecule has 6 nitrogen and oxygen atoms in total. The Hall–Kier alpha value is -3.48. The summed E-state index contributed by atoms with van der Waals surface area (Å²) < 4.78 is 13.2. The van der Waals surface area contributed by atoms with Crippen LogP contribution in [0.1, 0.15) is 40.5 Å². The highest BCUT2D eigenvalue weighted by Gasteiger charge is 2.27. The van der Waals surface area contributed by atoms with Gasteiger partial charge in [0.2, 0.25) is 0 Å². The van der Waals surface area contributed by atoms with Gasteiger partial charge in [-0.05, 0) is 68.3 Å². The third kappa shape index (κ3) is 4.56. The number of hydrogen-bond acceptors (Lipinski definition) is 5. The van der Waals surface area contributed by atoms with Crippen LogP contribution in [-0.2, 0) is 0 Å². The largest absolute Gasteiger partial charge is 0.384 e. The standard InChI is InChI=1S/C23H24FN5O/c1-15-11-20(28-19-7-5-18(24)6-8-19)12-21(27-15)17-3-2-10-29(14-17)23(30)16-4-9-22(25)26-13-16/h4-9,11-13,17H,2-3,10,14H2,1H3,(H2,25,26)(H,27,28). The predicted octanol–water partition coefficient (Wildman–Crippen LogP) is 4.27. The van der Waals surface area contributed by atoms with Crippen LogP contribution in [0.15, 0.2) is 54.7 Å². The van der Waals surface area contributed by atoms with Crippen LogP contribution < -0.4 is 11.1 Å². The van der Waals surface area contributed by atoms with Crippen molar-refractivity contribution < 1.29 is 9.18 Å². The number of piperidine rings is 1. The van der Waals surface area contributed by atoms with Gasteiger partial charge >= 0.3 is 0 Å². The normalized spacial score (nSPS) is 16.3. The molecule has 1 saturated heterocycles. The summed E-state index contributed by atoms with van der Waals surface area (Å²) in [6.07, 6.45) is 3.41. The summed E-state index contributed by atoms with van der Waals surface area (Å²) in [5.41, 5.74) is 9.72. The van der Waals surface area contributed by atoms with E-state index < -0.39 is 0 Å². The fraction of sp³-hybridized carbons (Fsp3) is 0.261. The third-order valence-electron chi connectivity index (χ3n) is 5.27. The summed E-state index contributed by atoms with van der Waals surface area (Å²) in [6, 6.07) is 13.6. The molecule has 3 heterocycles. The average molecular weight is 405 g/mol. The smallest absolute Gasteiger partial charge is 0.255 e. The van der Waals surface area contributed by atoms with E-state index >= 15 is 0 Å². The zero-order chi connectivity index (χ0) is 21.1. The topological polar surface area (TPSA) is 84.1 Å². The summed E-state index contributed by atoms with van der Waals surface area (Å²) in [6.45, 7) is 3.27. The SMILES string of the molecule is Cc1cc(Nc2ccc(F)cc2)cc(C2CCCN(C(=O)c3ccc(N)nc3)C2)n1. The Morgan fingerprint density at radius 3 is 2.70 bits per heavy atom. The minimum Gasteiger partial charge on any atom is -0.384 e. The first-order chi connectivity index (χ1) is 14.5. The lowest BCUT2D eigenvalue weighted by Crippen LogP contribution is -2.39. The number of halogens is 1. The lowest BCUT2D eigenvalue weighted by Gasteiger charge is -2.33. The second-order valence-corrected chi connectivity index (χ2v) is 7.62. The van der Waals surface area contributed by atoms with Crippen LogP contribution in [0, 0.1) is 12.7 Å². The molecule has 1 aliphatic heterocycles. The van der Waals surface area contributed by atoms with Crippen LogP contribution in [-0.4, -0.2) is 33.9 Å². The van der Waals surface area contributed by atoms with Crippen LogP contribution in [0.4, 0.5) is 21.6 Å². The van der Waals surface area contributed by atoms with Gasteiger partial charge in [0.15, 0.2) is 0 Å². The molecular weight excluding hydrogens is 381 g/mol. The Balaban J connectivity index is 1.51. The average Bonchev–Trinajstić information content (AvgIpc) is 2.75. The Labute approximate surface area is 175 Å². The zero-order valence-electron chi connectivity index (χ0n) is 16.8. The number of pyridine rings is 2. The number of amides is 1. The molecule has 1 fully saturated rings. The minimum absolute atomic E-state index is 0.0375. The van der Waals surface area contributed by atoms with E-state index in [-0.39, 0.29) is 17.6 Å². The molecule has 1 aromatic carbocycles. The maximum atomic E-state index is 13.2. The number of nitrogens with two attached hydrogens (primary N) is 1. The number of carbonyl (C=O) groups excluding carboxylic acids is 1. The van der Waals surface area contributed by atoms with Crippen LogP contribution in [0.2, 0.25) is 0 Å². The van der Waals surface area contributed by atoms with Crippen LogP contribution in [0.25, 0.3) is 0 Å². The number of hydrogen-bond donors (Lipinski definition) is 2. The molecule has 0 spiro atoms. The van der Waals surface area contributed by atoms with Gasteiger partial charge in [0.1, 0.15) is 11.6 Å². The number of nitrogen functional groups attached to an aromatic ring is 1. The van der Waals surface area contributed by atoms with E-state index in [1.165, 1.54) is 18.3 Å². The van der Waals surface area contributed by atoms with Crippen molar-refractivity contribution >= 4 is 23.1 Å². The number of nitrogens with zero attached hydrogens (tertiary/aromatic N) is 3. The van der Waals surface area contributed by atoms with Crippen molar-refractivity contribution in [3.63, 3.8) is 0 Å². The van der Waals surface area contributed by atoms with Crippen LogP contribution >= 0.6 is 0 Å². The van der Waals surface area contributed by atoms with E-state index in [1.54, 1.807) is 24.3 Å². The van der Waals surface area contributed by atoms with Gasteiger partial charge in [0, 0.05) is 48.0 Å². The van der Waals surface area contributed by atoms with Gasteiger partial charge in [-0.2, -0.15) is 0 Å². The van der Waals surface area contributed by atoms with Crippen molar-refractivity contribution in [3.8, 4) is 0 Å².